The number of carbonyl (C=O) groups excluding carboxylic acids is 1. The Morgan fingerprint density at radius 1 is 1.60 bits per heavy atom. The highest BCUT2D eigenvalue weighted by Crippen LogP contribution is 2.30. The summed E-state index contributed by atoms with van der Waals surface area (Å²) in [7, 11) is 0. The van der Waals surface area contributed by atoms with Gasteiger partial charge >= 0.3 is 5.69 Å². The molecular weight excluding hydrogens is 288 g/mol. The van der Waals surface area contributed by atoms with Gasteiger partial charge in [0.2, 0.25) is 5.91 Å². The van der Waals surface area contributed by atoms with Gasteiger partial charge in [0.05, 0.1) is 10.8 Å². The predicted molar refractivity (Wildman–Crippen MR) is 74.2 cm³/mol. The van der Waals surface area contributed by atoms with Crippen molar-refractivity contribution in [2.45, 2.75) is 19.4 Å². The number of aliphatic hydroxyl groups excluding tert-OH is 1. The molecule has 1 rings (SSSR count). The molecule has 0 aliphatic rings. The van der Waals surface area contributed by atoms with E-state index in [4.69, 9.17) is 16.3 Å². The Labute approximate surface area is 120 Å². The first-order valence-electron chi connectivity index (χ1n) is 5.93. The lowest BCUT2D eigenvalue weighted by molar-refractivity contribution is -0.385. The Morgan fingerprint density at radius 3 is 2.85 bits per heavy atom. The number of nitro benzene ring substituents is 1. The zero-order chi connectivity index (χ0) is 15.1. The predicted octanol–water partition coefficient (Wildman–Crippen LogP) is 1.92. The maximum absolute atomic E-state index is 11.2. The molecule has 0 saturated heterocycles. The van der Waals surface area contributed by atoms with Crippen molar-refractivity contribution >= 4 is 28.9 Å². The van der Waals surface area contributed by atoms with E-state index < -0.39 is 11.0 Å². The Hall–Kier alpha value is -1.86. The maximum atomic E-state index is 11.2. The highest BCUT2D eigenvalue weighted by molar-refractivity contribution is 6.18. The summed E-state index contributed by atoms with van der Waals surface area (Å²) in [5.41, 5.74) is 0.0227. The van der Waals surface area contributed by atoms with Crippen molar-refractivity contribution in [2.75, 3.05) is 17.8 Å². The molecule has 1 unspecified atom stereocenters. The summed E-state index contributed by atoms with van der Waals surface area (Å²) in [5, 5.41) is 22.8. The molecule has 0 heterocycles. The second-order valence-corrected chi connectivity index (χ2v) is 4.27. The standard InChI is InChI=1S/C12H15ClN2O5/c1-2-12(17)14-8-3-4-11(10(5-8)15(18)19)20-7-9(16)6-13/h3-5,9,16H,2,6-7H2,1H3,(H,14,17). The number of nitro groups is 1. The molecule has 0 bridgehead atoms. The van der Waals surface area contributed by atoms with E-state index in [-0.39, 0.29) is 36.3 Å². The smallest absolute Gasteiger partial charge is 0.312 e. The van der Waals surface area contributed by atoms with E-state index in [1.165, 1.54) is 18.2 Å². The molecule has 0 radical (unpaired) electrons. The van der Waals surface area contributed by atoms with E-state index in [0.29, 0.717) is 5.69 Å². The number of hydrogen-bond acceptors (Lipinski definition) is 5. The Balaban J connectivity index is 2.90. The van der Waals surface area contributed by atoms with Gasteiger partial charge in [0, 0.05) is 18.2 Å². The molecule has 1 amide bonds. The quantitative estimate of drug-likeness (QED) is 0.455. The van der Waals surface area contributed by atoms with Crippen molar-refractivity contribution in [3.8, 4) is 5.75 Å². The van der Waals surface area contributed by atoms with Crippen molar-refractivity contribution in [3.63, 3.8) is 0 Å². The van der Waals surface area contributed by atoms with E-state index in [1.54, 1.807) is 6.92 Å². The average molecular weight is 303 g/mol. The average Bonchev–Trinajstić information content (AvgIpc) is 2.44. The third-order valence-electron chi connectivity index (χ3n) is 2.37. The van der Waals surface area contributed by atoms with Crippen LogP contribution in [0.25, 0.3) is 0 Å². The summed E-state index contributed by atoms with van der Waals surface area (Å²) >= 11 is 5.41. The highest BCUT2D eigenvalue weighted by atomic mass is 35.5. The third-order valence-corrected chi connectivity index (χ3v) is 2.73. The molecule has 7 nitrogen and oxygen atoms in total. The molecule has 110 valence electrons. The molecular formula is C12H15ClN2O5. The number of alkyl halides is 1. The van der Waals surface area contributed by atoms with E-state index in [1.807, 2.05) is 0 Å². The topological polar surface area (TPSA) is 102 Å². The van der Waals surface area contributed by atoms with Crippen molar-refractivity contribution in [1.82, 2.24) is 0 Å². The highest BCUT2D eigenvalue weighted by Gasteiger charge is 2.17. The molecule has 0 spiro atoms. The maximum Gasteiger partial charge on any atom is 0.312 e. The van der Waals surface area contributed by atoms with Gasteiger partial charge in [-0.05, 0) is 12.1 Å². The number of rotatable bonds is 7. The van der Waals surface area contributed by atoms with Gasteiger partial charge in [-0.3, -0.25) is 14.9 Å². The summed E-state index contributed by atoms with van der Waals surface area (Å²) < 4.78 is 5.15. The Morgan fingerprint density at radius 2 is 2.30 bits per heavy atom. The number of halogens is 1. The minimum atomic E-state index is -0.907. The van der Waals surface area contributed by atoms with E-state index in [0.717, 1.165) is 0 Å². The van der Waals surface area contributed by atoms with Gasteiger partial charge in [0.1, 0.15) is 12.7 Å². The largest absolute Gasteiger partial charge is 0.484 e. The molecule has 0 saturated carbocycles. The normalized spacial score (nSPS) is 11.8. The number of ether oxygens (including phenoxy) is 1. The molecule has 0 fully saturated rings. The number of benzene rings is 1. The van der Waals surface area contributed by atoms with Crippen LogP contribution in [0.15, 0.2) is 18.2 Å². The lowest BCUT2D eigenvalue weighted by Crippen LogP contribution is -2.19. The van der Waals surface area contributed by atoms with Gasteiger partial charge in [-0.2, -0.15) is 0 Å². The number of carbonyl (C=O) groups is 1. The van der Waals surface area contributed by atoms with Gasteiger partial charge in [-0.25, -0.2) is 0 Å². The third kappa shape index (κ3) is 4.67. The number of hydrogen-bond donors (Lipinski definition) is 2. The molecule has 2 N–H and O–H groups in total. The number of anilines is 1. The Bertz CT molecular complexity index is 495. The number of amides is 1. The van der Waals surface area contributed by atoms with Crippen molar-refractivity contribution in [2.24, 2.45) is 0 Å². The van der Waals surface area contributed by atoms with Crippen molar-refractivity contribution < 1.29 is 19.6 Å². The van der Waals surface area contributed by atoms with Crippen LogP contribution in [0.1, 0.15) is 13.3 Å². The monoisotopic (exact) mass is 302 g/mol. The minimum absolute atomic E-state index is 0.00802. The molecule has 0 aromatic heterocycles. The van der Waals surface area contributed by atoms with Crippen LogP contribution in [0.5, 0.6) is 5.75 Å². The van der Waals surface area contributed by atoms with Gasteiger partial charge < -0.3 is 15.2 Å². The first-order chi connectivity index (χ1) is 9.47. The van der Waals surface area contributed by atoms with Crippen LogP contribution in [0, 0.1) is 10.1 Å². The van der Waals surface area contributed by atoms with Crippen LogP contribution >= 0.6 is 11.6 Å². The minimum Gasteiger partial charge on any atom is -0.484 e. The van der Waals surface area contributed by atoms with Crippen LogP contribution in [0.2, 0.25) is 0 Å². The molecule has 8 heteroatoms. The zero-order valence-corrected chi connectivity index (χ0v) is 11.6. The fourth-order valence-corrected chi connectivity index (χ4v) is 1.43. The summed E-state index contributed by atoms with van der Waals surface area (Å²) in [4.78, 5) is 21.6. The molecule has 1 aromatic carbocycles. The van der Waals surface area contributed by atoms with E-state index >= 15 is 0 Å². The first kappa shape index (κ1) is 16.2. The number of nitrogens with zero attached hydrogens (tertiary/aromatic N) is 1. The van der Waals surface area contributed by atoms with Gasteiger partial charge in [0.15, 0.2) is 5.75 Å². The first-order valence-corrected chi connectivity index (χ1v) is 6.46. The lowest BCUT2D eigenvalue weighted by Gasteiger charge is -2.11. The molecule has 0 aliphatic carbocycles. The van der Waals surface area contributed by atoms with Gasteiger partial charge in [-0.15, -0.1) is 11.6 Å². The summed E-state index contributed by atoms with van der Waals surface area (Å²) in [6.45, 7) is 1.53. The second-order valence-electron chi connectivity index (χ2n) is 3.96. The van der Waals surface area contributed by atoms with Gasteiger partial charge in [-0.1, -0.05) is 6.92 Å². The number of nitrogens with one attached hydrogen (secondary N) is 1. The lowest BCUT2D eigenvalue weighted by atomic mass is 10.2. The molecule has 1 atom stereocenters. The number of aliphatic hydroxyl groups is 1. The van der Waals surface area contributed by atoms with Crippen LogP contribution in [0.3, 0.4) is 0 Å². The van der Waals surface area contributed by atoms with Crippen molar-refractivity contribution in [1.29, 1.82) is 0 Å². The van der Waals surface area contributed by atoms with E-state index in [9.17, 15) is 20.0 Å². The van der Waals surface area contributed by atoms with Crippen molar-refractivity contribution in [3.05, 3.63) is 28.3 Å². The fraction of sp³-hybridized carbons (Fsp3) is 0.417. The molecule has 20 heavy (non-hydrogen) atoms. The summed E-state index contributed by atoms with van der Waals surface area (Å²) in [5.74, 6) is -0.266. The zero-order valence-electron chi connectivity index (χ0n) is 10.8. The fourth-order valence-electron chi connectivity index (χ4n) is 1.34. The molecule has 0 aliphatic heterocycles. The molecule has 1 aromatic rings. The van der Waals surface area contributed by atoms with Crippen LogP contribution in [-0.4, -0.2) is 34.5 Å². The van der Waals surface area contributed by atoms with E-state index in [2.05, 4.69) is 5.32 Å². The van der Waals surface area contributed by atoms with Gasteiger partial charge in [0.25, 0.3) is 0 Å². The van der Waals surface area contributed by atoms with Crippen LogP contribution < -0.4 is 10.1 Å². The summed E-state index contributed by atoms with van der Waals surface area (Å²) in [6.07, 6.45) is -0.635. The Kier molecular flexibility index (Phi) is 6.20. The van der Waals surface area contributed by atoms with Crippen LogP contribution in [-0.2, 0) is 4.79 Å². The van der Waals surface area contributed by atoms with Crippen LogP contribution in [0.4, 0.5) is 11.4 Å². The second kappa shape index (κ2) is 7.66. The SMILES string of the molecule is CCC(=O)Nc1ccc(OCC(O)CCl)c([N+](=O)[O-])c1. The summed E-state index contributed by atoms with van der Waals surface area (Å²) in [6, 6.07) is 4.06.